The second-order valence-electron chi connectivity index (χ2n) is 8.41. The monoisotopic (exact) mass is 497 g/mol. The van der Waals surface area contributed by atoms with Gasteiger partial charge >= 0.3 is 0 Å². The lowest BCUT2D eigenvalue weighted by molar-refractivity contribution is -0.114. The lowest BCUT2D eigenvalue weighted by atomic mass is 10.1. The quantitative estimate of drug-likeness (QED) is 0.570. The molecule has 0 spiro atoms. The van der Waals surface area contributed by atoms with Gasteiger partial charge in [-0.1, -0.05) is 12.1 Å². The molecule has 0 aliphatic carbocycles. The SMILES string of the molecule is CC(=O)Nc1ccc(S(=O)(=O)[C@H]2CS(=O)(=O)C[C@@H]2NCC(c2ccc(F)cc2)N(C)C)cc1. The third-order valence-electron chi connectivity index (χ3n) is 5.65. The molecular formula is C22H28FN3O5S2. The Morgan fingerprint density at radius 1 is 1.09 bits per heavy atom. The fourth-order valence-corrected chi connectivity index (χ4v) is 8.68. The lowest BCUT2D eigenvalue weighted by Crippen LogP contribution is -2.46. The smallest absolute Gasteiger partial charge is 0.221 e. The van der Waals surface area contributed by atoms with Crippen LogP contribution >= 0.6 is 0 Å². The van der Waals surface area contributed by atoms with Crippen LogP contribution in [0.1, 0.15) is 18.5 Å². The minimum Gasteiger partial charge on any atom is -0.326 e. The van der Waals surface area contributed by atoms with Crippen molar-refractivity contribution in [3.8, 4) is 0 Å². The van der Waals surface area contributed by atoms with Crippen LogP contribution in [0.15, 0.2) is 53.4 Å². The van der Waals surface area contributed by atoms with E-state index in [1.165, 1.54) is 43.3 Å². The summed E-state index contributed by atoms with van der Waals surface area (Å²) in [5.74, 6) is -1.40. The van der Waals surface area contributed by atoms with Crippen molar-refractivity contribution in [1.29, 1.82) is 0 Å². The molecule has 1 aliphatic rings. The predicted octanol–water partition coefficient (Wildman–Crippen LogP) is 1.62. The Bertz CT molecular complexity index is 1200. The normalized spacial score (nSPS) is 21.1. The molecule has 8 nitrogen and oxygen atoms in total. The van der Waals surface area contributed by atoms with Crippen molar-refractivity contribution in [2.24, 2.45) is 0 Å². The van der Waals surface area contributed by atoms with Gasteiger partial charge in [0.05, 0.1) is 21.7 Å². The first-order valence-electron chi connectivity index (χ1n) is 10.4. The first kappa shape index (κ1) is 25.3. The minimum absolute atomic E-state index is 0.00630. The Morgan fingerprint density at radius 3 is 2.24 bits per heavy atom. The summed E-state index contributed by atoms with van der Waals surface area (Å²) in [6.45, 7) is 1.63. The molecule has 3 rings (SSSR count). The lowest BCUT2D eigenvalue weighted by Gasteiger charge is -2.28. The topological polar surface area (TPSA) is 113 Å². The predicted molar refractivity (Wildman–Crippen MR) is 125 cm³/mol. The summed E-state index contributed by atoms with van der Waals surface area (Å²) in [5, 5.41) is 4.56. The molecule has 2 aromatic rings. The number of rotatable bonds is 8. The molecule has 1 saturated heterocycles. The maximum absolute atomic E-state index is 13.3. The molecule has 2 N–H and O–H groups in total. The van der Waals surface area contributed by atoms with Gasteiger partial charge in [-0.25, -0.2) is 21.2 Å². The third-order valence-corrected chi connectivity index (χ3v) is 9.82. The number of carbonyl (C=O) groups excluding carboxylic acids is 1. The number of hydrogen-bond acceptors (Lipinski definition) is 7. The third kappa shape index (κ3) is 6.17. The average molecular weight is 498 g/mol. The molecule has 180 valence electrons. The summed E-state index contributed by atoms with van der Waals surface area (Å²) in [7, 11) is -3.84. The number of carbonyl (C=O) groups is 1. The van der Waals surface area contributed by atoms with Crippen molar-refractivity contribution in [3.05, 3.63) is 59.9 Å². The first-order chi connectivity index (χ1) is 15.4. The molecule has 1 amide bonds. The highest BCUT2D eigenvalue weighted by Crippen LogP contribution is 2.28. The number of nitrogens with one attached hydrogen (secondary N) is 2. The van der Waals surface area contributed by atoms with Crippen LogP contribution in [0.25, 0.3) is 0 Å². The number of hydrogen-bond donors (Lipinski definition) is 2. The number of halogens is 1. The van der Waals surface area contributed by atoms with Gasteiger partial charge in [0.25, 0.3) is 0 Å². The van der Waals surface area contributed by atoms with E-state index in [9.17, 15) is 26.0 Å². The van der Waals surface area contributed by atoms with Gasteiger partial charge in [-0.2, -0.15) is 0 Å². The second-order valence-corrected chi connectivity index (χ2v) is 12.7. The van der Waals surface area contributed by atoms with Crippen molar-refractivity contribution in [1.82, 2.24) is 10.2 Å². The molecule has 0 radical (unpaired) electrons. The molecular weight excluding hydrogens is 469 g/mol. The van der Waals surface area contributed by atoms with Crippen LogP contribution in [-0.4, -0.2) is 71.1 Å². The summed E-state index contributed by atoms with van der Waals surface area (Å²) in [6, 6.07) is 10.7. The summed E-state index contributed by atoms with van der Waals surface area (Å²) < 4.78 is 64.7. The zero-order chi connectivity index (χ0) is 24.4. The maximum Gasteiger partial charge on any atom is 0.221 e. The van der Waals surface area contributed by atoms with Crippen LogP contribution in [0, 0.1) is 5.82 Å². The molecule has 0 bridgehead atoms. The number of benzene rings is 2. The molecule has 1 aliphatic heterocycles. The van der Waals surface area contributed by atoms with Crippen molar-refractivity contribution in [2.75, 3.05) is 37.5 Å². The van der Waals surface area contributed by atoms with Gasteiger partial charge in [-0.3, -0.25) is 4.79 Å². The molecule has 0 saturated carbocycles. The molecule has 1 fully saturated rings. The van der Waals surface area contributed by atoms with Crippen LogP contribution in [0.2, 0.25) is 0 Å². The number of amides is 1. The summed E-state index contributed by atoms with van der Waals surface area (Å²) in [6.07, 6.45) is 0. The van der Waals surface area contributed by atoms with E-state index in [1.807, 2.05) is 19.0 Å². The molecule has 0 aromatic heterocycles. The van der Waals surface area contributed by atoms with E-state index in [4.69, 9.17) is 0 Å². The highest BCUT2D eigenvalue weighted by atomic mass is 32.2. The van der Waals surface area contributed by atoms with Gasteiger partial charge in [0.2, 0.25) is 5.91 Å². The standard InChI is InChI=1S/C22H28FN3O5S2/c1-15(27)25-18-8-10-19(11-9-18)33(30,31)22-14-32(28,29)13-20(22)24-12-21(26(2)3)16-4-6-17(23)7-5-16/h4-11,20-22,24H,12-14H2,1-3H3,(H,25,27)/t20-,21?,22-/m0/s1. The highest BCUT2D eigenvalue weighted by Gasteiger charge is 2.45. The van der Waals surface area contributed by atoms with E-state index in [-0.39, 0.29) is 35.0 Å². The van der Waals surface area contributed by atoms with Crippen LogP contribution < -0.4 is 10.6 Å². The van der Waals surface area contributed by atoms with Crippen LogP contribution in [0.3, 0.4) is 0 Å². The van der Waals surface area contributed by atoms with Crippen molar-refractivity contribution >= 4 is 31.3 Å². The number of sulfone groups is 2. The molecule has 1 heterocycles. The van der Waals surface area contributed by atoms with E-state index in [2.05, 4.69) is 10.6 Å². The molecule has 1 unspecified atom stereocenters. The van der Waals surface area contributed by atoms with E-state index in [0.29, 0.717) is 5.69 Å². The number of anilines is 1. The van der Waals surface area contributed by atoms with Gasteiger partial charge in [0.15, 0.2) is 19.7 Å². The molecule has 11 heteroatoms. The van der Waals surface area contributed by atoms with Crippen molar-refractivity contribution < 1.29 is 26.0 Å². The Labute approximate surface area is 194 Å². The van der Waals surface area contributed by atoms with Gasteiger partial charge in [-0.05, 0) is 56.1 Å². The number of likely N-dealkylation sites (N-methyl/N-ethyl adjacent to an activating group) is 1. The van der Waals surface area contributed by atoms with Gasteiger partial charge in [0, 0.05) is 31.2 Å². The zero-order valence-electron chi connectivity index (χ0n) is 18.7. The van der Waals surface area contributed by atoms with E-state index < -0.39 is 36.7 Å². The van der Waals surface area contributed by atoms with Gasteiger partial charge in [-0.15, -0.1) is 0 Å². The maximum atomic E-state index is 13.3. The summed E-state index contributed by atoms with van der Waals surface area (Å²) in [5.41, 5.74) is 1.27. The fraction of sp³-hybridized carbons (Fsp3) is 0.409. The minimum atomic E-state index is -3.96. The van der Waals surface area contributed by atoms with Crippen molar-refractivity contribution in [3.63, 3.8) is 0 Å². The van der Waals surface area contributed by atoms with E-state index in [1.54, 1.807) is 12.1 Å². The number of nitrogens with zero attached hydrogens (tertiary/aromatic N) is 1. The van der Waals surface area contributed by atoms with E-state index in [0.717, 1.165) is 5.56 Å². The second kappa shape index (κ2) is 9.88. The average Bonchev–Trinajstić information content (AvgIpc) is 3.04. The Kier molecular flexibility index (Phi) is 7.57. The van der Waals surface area contributed by atoms with Crippen LogP contribution in [0.5, 0.6) is 0 Å². The van der Waals surface area contributed by atoms with Crippen LogP contribution in [0.4, 0.5) is 10.1 Å². The summed E-state index contributed by atoms with van der Waals surface area (Å²) in [4.78, 5) is 13.1. The Hall–Kier alpha value is -2.34. The Balaban J connectivity index is 1.82. The fourth-order valence-electron chi connectivity index (χ4n) is 3.96. The zero-order valence-corrected chi connectivity index (χ0v) is 20.3. The largest absolute Gasteiger partial charge is 0.326 e. The molecule has 2 aromatic carbocycles. The molecule has 3 atom stereocenters. The van der Waals surface area contributed by atoms with Gasteiger partial charge in [0.1, 0.15) is 5.82 Å². The molecule has 33 heavy (non-hydrogen) atoms. The highest BCUT2D eigenvalue weighted by molar-refractivity contribution is 7.96. The van der Waals surface area contributed by atoms with Crippen LogP contribution in [-0.2, 0) is 24.5 Å². The summed E-state index contributed by atoms with van der Waals surface area (Å²) >= 11 is 0. The van der Waals surface area contributed by atoms with Crippen molar-refractivity contribution in [2.45, 2.75) is 29.2 Å². The van der Waals surface area contributed by atoms with E-state index >= 15 is 0 Å². The first-order valence-corrected chi connectivity index (χ1v) is 13.7. The van der Waals surface area contributed by atoms with Gasteiger partial charge < -0.3 is 15.5 Å². The Morgan fingerprint density at radius 2 is 1.70 bits per heavy atom.